The van der Waals surface area contributed by atoms with Crippen LogP contribution in [0.15, 0.2) is 145 Å². The zero-order chi connectivity index (χ0) is 39.6. The third kappa shape index (κ3) is 7.08. The van der Waals surface area contributed by atoms with Crippen LogP contribution in [-0.2, 0) is 16.2 Å². The highest BCUT2D eigenvalue weighted by atomic mass is 32.1. The van der Waals surface area contributed by atoms with E-state index in [0.29, 0.717) is 0 Å². The molecular formula is C52H51N3S. The van der Waals surface area contributed by atoms with Gasteiger partial charge in [0.2, 0.25) is 0 Å². The largest absolute Gasteiger partial charge is 0.294 e. The van der Waals surface area contributed by atoms with Crippen molar-refractivity contribution in [2.24, 2.45) is 0 Å². The third-order valence-electron chi connectivity index (χ3n) is 11.0. The Labute approximate surface area is 337 Å². The third-order valence-corrected chi connectivity index (χ3v) is 11.5. The second kappa shape index (κ2) is 13.9. The second-order valence-electron chi connectivity index (χ2n) is 18.2. The van der Waals surface area contributed by atoms with E-state index < -0.39 is 0 Å². The summed E-state index contributed by atoms with van der Waals surface area (Å²) in [6.07, 6.45) is 1.93. The summed E-state index contributed by atoms with van der Waals surface area (Å²) < 4.78 is 2.33. The molecule has 0 aliphatic carbocycles. The summed E-state index contributed by atoms with van der Waals surface area (Å²) in [6, 6.07) is 48.4. The predicted octanol–water partition coefficient (Wildman–Crippen LogP) is 14.4. The molecule has 56 heavy (non-hydrogen) atoms. The highest BCUT2D eigenvalue weighted by Gasteiger charge is 2.26. The first-order valence-electron chi connectivity index (χ1n) is 19.6. The van der Waals surface area contributed by atoms with Gasteiger partial charge in [-0.2, -0.15) is 0 Å². The van der Waals surface area contributed by atoms with Crippen molar-refractivity contribution in [3.8, 4) is 50.5 Å². The zero-order valence-electron chi connectivity index (χ0n) is 34.1. The van der Waals surface area contributed by atoms with Crippen molar-refractivity contribution in [3.05, 3.63) is 156 Å². The van der Waals surface area contributed by atoms with Crippen LogP contribution in [0.2, 0.25) is 0 Å². The van der Waals surface area contributed by atoms with Crippen LogP contribution in [0, 0.1) is 0 Å². The molecule has 3 aromatic heterocycles. The van der Waals surface area contributed by atoms with Gasteiger partial charge in [0, 0.05) is 38.7 Å². The number of aromatic nitrogens is 3. The SMILES string of the molecule is CC(C)(C)c1ccc(-c2ccnc(-c3cc(-c4ccccc4)cc(-n4c5ccccc5c5ccc(-c6cc(C(C)(C)C)cc(C(C)(C)C)c6S)nc54)c3)c2)cc1. The number of nitrogens with zero attached hydrogens (tertiary/aromatic N) is 3. The van der Waals surface area contributed by atoms with Gasteiger partial charge < -0.3 is 0 Å². The van der Waals surface area contributed by atoms with Crippen molar-refractivity contribution in [2.75, 3.05) is 0 Å². The van der Waals surface area contributed by atoms with Crippen LogP contribution < -0.4 is 0 Å². The molecule has 5 aromatic carbocycles. The van der Waals surface area contributed by atoms with Crippen LogP contribution in [0.3, 0.4) is 0 Å². The van der Waals surface area contributed by atoms with Crippen molar-refractivity contribution < 1.29 is 0 Å². The lowest BCUT2D eigenvalue weighted by molar-refractivity contribution is 0.560. The van der Waals surface area contributed by atoms with Crippen LogP contribution in [0.1, 0.15) is 79.0 Å². The van der Waals surface area contributed by atoms with Crippen LogP contribution in [0.25, 0.3) is 72.4 Å². The number of hydrogen-bond acceptors (Lipinski definition) is 3. The lowest BCUT2D eigenvalue weighted by Crippen LogP contribution is -2.17. The van der Waals surface area contributed by atoms with Gasteiger partial charge in [-0.25, -0.2) is 4.98 Å². The Morgan fingerprint density at radius 1 is 0.482 bits per heavy atom. The molecular weight excluding hydrogens is 699 g/mol. The van der Waals surface area contributed by atoms with E-state index in [9.17, 15) is 0 Å². The van der Waals surface area contributed by atoms with E-state index in [-0.39, 0.29) is 16.2 Å². The first-order valence-corrected chi connectivity index (χ1v) is 20.1. The molecule has 280 valence electrons. The highest BCUT2D eigenvalue weighted by Crippen LogP contribution is 2.42. The van der Waals surface area contributed by atoms with Gasteiger partial charge in [0.1, 0.15) is 5.65 Å². The molecule has 0 saturated carbocycles. The Bertz CT molecular complexity index is 2730. The number of thiol groups is 1. The van der Waals surface area contributed by atoms with Gasteiger partial charge in [-0.05, 0) is 110 Å². The molecule has 0 bridgehead atoms. The van der Waals surface area contributed by atoms with Gasteiger partial charge in [0.25, 0.3) is 0 Å². The number of para-hydroxylation sites is 1. The van der Waals surface area contributed by atoms with E-state index in [1.54, 1.807) is 0 Å². The van der Waals surface area contributed by atoms with Gasteiger partial charge in [-0.3, -0.25) is 9.55 Å². The molecule has 3 nitrogen and oxygen atoms in total. The highest BCUT2D eigenvalue weighted by molar-refractivity contribution is 7.80. The lowest BCUT2D eigenvalue weighted by Gasteiger charge is -2.28. The van der Waals surface area contributed by atoms with Gasteiger partial charge in [-0.1, -0.05) is 141 Å². The van der Waals surface area contributed by atoms with E-state index in [1.807, 2.05) is 6.20 Å². The number of pyridine rings is 2. The topological polar surface area (TPSA) is 30.7 Å². The Morgan fingerprint density at radius 3 is 1.84 bits per heavy atom. The molecule has 0 saturated heterocycles. The average molecular weight is 750 g/mol. The number of fused-ring (bicyclic) bond motifs is 3. The molecule has 8 aromatic rings. The fourth-order valence-electron chi connectivity index (χ4n) is 7.70. The van der Waals surface area contributed by atoms with Crippen LogP contribution in [-0.4, -0.2) is 14.5 Å². The minimum Gasteiger partial charge on any atom is -0.294 e. The van der Waals surface area contributed by atoms with Crippen LogP contribution in [0.4, 0.5) is 0 Å². The Morgan fingerprint density at radius 2 is 1.14 bits per heavy atom. The maximum Gasteiger partial charge on any atom is 0.146 e. The molecule has 0 aliphatic heterocycles. The molecule has 0 atom stereocenters. The van der Waals surface area contributed by atoms with Crippen LogP contribution >= 0.6 is 12.6 Å². The van der Waals surface area contributed by atoms with E-state index in [2.05, 4.69) is 200 Å². The minimum absolute atomic E-state index is 0.0370. The standard InChI is InChI=1S/C52H51N3S/c1-50(2,3)38-21-19-34(20-22-38)35-25-26-53-46(30-35)37-27-36(33-15-11-10-12-16-33)28-40(29-37)55-47-18-14-13-17-41(47)42-23-24-45(54-49(42)55)43-31-39(51(4,5)6)32-44(48(43)56)52(7,8)9/h10-32,56H,1-9H3. The molecule has 3 heterocycles. The molecule has 0 N–H and O–H groups in total. The van der Waals surface area contributed by atoms with Gasteiger partial charge >= 0.3 is 0 Å². The summed E-state index contributed by atoms with van der Waals surface area (Å²) in [4.78, 5) is 11.5. The minimum atomic E-state index is -0.0818. The van der Waals surface area contributed by atoms with Crippen molar-refractivity contribution in [2.45, 2.75) is 83.5 Å². The van der Waals surface area contributed by atoms with Crippen LogP contribution in [0.5, 0.6) is 0 Å². The van der Waals surface area contributed by atoms with Gasteiger partial charge in [0.15, 0.2) is 0 Å². The van der Waals surface area contributed by atoms with Crippen molar-refractivity contribution in [3.63, 3.8) is 0 Å². The molecule has 0 fully saturated rings. The second-order valence-corrected chi connectivity index (χ2v) is 18.7. The van der Waals surface area contributed by atoms with E-state index in [0.717, 1.165) is 71.7 Å². The summed E-state index contributed by atoms with van der Waals surface area (Å²) in [6.45, 7) is 20.4. The molecule has 0 spiro atoms. The summed E-state index contributed by atoms with van der Waals surface area (Å²) in [5.74, 6) is 0. The maximum absolute atomic E-state index is 5.55. The monoisotopic (exact) mass is 749 g/mol. The first-order chi connectivity index (χ1) is 26.6. The zero-order valence-corrected chi connectivity index (χ0v) is 35.0. The van der Waals surface area contributed by atoms with Gasteiger partial charge in [-0.15, -0.1) is 12.6 Å². The van der Waals surface area contributed by atoms with Crippen molar-refractivity contribution in [1.82, 2.24) is 14.5 Å². The van der Waals surface area contributed by atoms with E-state index in [4.69, 9.17) is 22.6 Å². The van der Waals surface area contributed by atoms with E-state index >= 15 is 0 Å². The summed E-state index contributed by atoms with van der Waals surface area (Å²) >= 11 is 5.21. The summed E-state index contributed by atoms with van der Waals surface area (Å²) in [5, 5.41) is 2.27. The molecule has 0 radical (unpaired) electrons. The normalized spacial score (nSPS) is 12.5. The summed E-state index contributed by atoms with van der Waals surface area (Å²) in [5.41, 5.74) is 15.4. The maximum atomic E-state index is 5.55. The quantitative estimate of drug-likeness (QED) is 0.178. The smallest absolute Gasteiger partial charge is 0.146 e. The summed E-state index contributed by atoms with van der Waals surface area (Å²) in [7, 11) is 0. The average Bonchev–Trinajstić information content (AvgIpc) is 3.50. The molecule has 4 heteroatoms. The van der Waals surface area contributed by atoms with Crippen molar-refractivity contribution >= 4 is 34.6 Å². The van der Waals surface area contributed by atoms with Crippen molar-refractivity contribution in [1.29, 1.82) is 0 Å². The number of rotatable bonds is 5. The van der Waals surface area contributed by atoms with E-state index in [1.165, 1.54) is 22.3 Å². The lowest BCUT2D eigenvalue weighted by atomic mass is 9.79. The first kappa shape index (κ1) is 37.5. The predicted molar refractivity (Wildman–Crippen MR) is 241 cm³/mol. The molecule has 0 amide bonds. The fraction of sp³-hybridized carbons (Fsp3) is 0.231. The number of benzene rings is 5. The Hall–Kier alpha value is -5.45. The van der Waals surface area contributed by atoms with Gasteiger partial charge in [0.05, 0.1) is 16.9 Å². The molecule has 0 unspecified atom stereocenters. The Balaban J connectivity index is 1.35. The molecule has 0 aliphatic rings. The molecule has 8 rings (SSSR count). The Kier molecular flexibility index (Phi) is 9.32. The number of hydrogen-bond donors (Lipinski definition) is 1. The fourth-order valence-corrected chi connectivity index (χ4v) is 8.28.